The molecule has 0 saturated carbocycles. The van der Waals surface area contributed by atoms with Gasteiger partial charge in [0.05, 0.1) is 16.9 Å². The lowest BCUT2D eigenvalue weighted by atomic mass is 10.0. The van der Waals surface area contributed by atoms with Crippen LogP contribution in [0.3, 0.4) is 0 Å². The average Bonchev–Trinajstić information content (AvgIpc) is 3.30. The van der Waals surface area contributed by atoms with Crippen molar-refractivity contribution in [1.82, 2.24) is 15.2 Å². The number of hydrogen-bond donors (Lipinski definition) is 2. The third-order valence-corrected chi connectivity index (χ3v) is 5.49. The van der Waals surface area contributed by atoms with E-state index in [1.807, 2.05) is 91.9 Å². The maximum absolute atomic E-state index is 13.3. The highest BCUT2D eigenvalue weighted by molar-refractivity contribution is 6.11. The van der Waals surface area contributed by atoms with E-state index in [2.05, 4.69) is 40.1 Å². The largest absolute Gasteiger partial charge is 0.356 e. The molecule has 2 N–H and O–H groups in total. The van der Waals surface area contributed by atoms with E-state index in [0.29, 0.717) is 11.1 Å². The Balaban J connectivity index is 1.54. The van der Waals surface area contributed by atoms with E-state index in [1.54, 1.807) is 6.20 Å². The van der Waals surface area contributed by atoms with Crippen molar-refractivity contribution in [2.24, 2.45) is 0 Å². The number of nitrogens with zero attached hydrogens (tertiary/aromatic N) is 2. The molecule has 2 aromatic carbocycles. The van der Waals surface area contributed by atoms with Crippen molar-refractivity contribution in [1.29, 1.82) is 0 Å². The first kappa shape index (κ1) is 23.6. The van der Waals surface area contributed by atoms with Crippen molar-refractivity contribution in [2.45, 2.75) is 20.3 Å². The fraction of sp³-hybridized carbons (Fsp3) is 0.100. The van der Waals surface area contributed by atoms with Gasteiger partial charge in [0.2, 0.25) is 0 Å². The van der Waals surface area contributed by atoms with Gasteiger partial charge in [0.25, 0.3) is 0 Å². The maximum atomic E-state index is 13.3. The Morgan fingerprint density at radius 1 is 1.06 bits per heavy atom. The molecule has 174 valence electrons. The lowest BCUT2D eigenvalue weighted by molar-refractivity contribution is 0.103. The number of ketones is 1. The molecule has 4 rings (SSSR count). The number of H-pyrrole nitrogens is 1. The Bertz CT molecular complexity index is 1440. The lowest BCUT2D eigenvalue weighted by Gasteiger charge is -2.12. The third-order valence-electron chi connectivity index (χ3n) is 5.49. The summed E-state index contributed by atoms with van der Waals surface area (Å²) in [7, 11) is 0. The number of hydrogen-bond acceptors (Lipinski definition) is 4. The molecule has 0 aliphatic rings. The molecule has 0 bridgehead atoms. The molecule has 35 heavy (non-hydrogen) atoms. The number of fused-ring (bicyclic) bond motifs is 1. The van der Waals surface area contributed by atoms with Crippen LogP contribution in [-0.4, -0.2) is 21.0 Å². The van der Waals surface area contributed by atoms with Crippen LogP contribution in [0.15, 0.2) is 103 Å². The number of carbonyl (C=O) groups is 1. The van der Waals surface area contributed by atoms with Crippen LogP contribution in [-0.2, 0) is 0 Å². The predicted molar refractivity (Wildman–Crippen MR) is 145 cm³/mol. The smallest absolute Gasteiger partial charge is 0.193 e. The van der Waals surface area contributed by atoms with Crippen LogP contribution in [0.25, 0.3) is 23.1 Å². The molecule has 0 spiro atoms. The summed E-state index contributed by atoms with van der Waals surface area (Å²) in [6.07, 6.45) is 12.6. The van der Waals surface area contributed by atoms with E-state index >= 15 is 0 Å². The van der Waals surface area contributed by atoms with Crippen molar-refractivity contribution in [3.8, 4) is 0 Å². The van der Waals surface area contributed by atoms with Gasteiger partial charge in [-0.3, -0.25) is 14.9 Å². The standard InChI is InChI=1S/C30H28N4O/c1-4-9-22(10-5-2)21(3)32-26-13-8-11-23(19-26)30(35)24-14-16-27-28(33-34-29(27)20-24)17-15-25-12-6-7-18-31-25/h4,6-20,32H,3,5H2,1-2H3,(H,33,34)/b9-4-,17-15+,22-10+. The molecule has 0 aliphatic heterocycles. The highest BCUT2D eigenvalue weighted by atomic mass is 16.1. The van der Waals surface area contributed by atoms with Gasteiger partial charge in [-0.15, -0.1) is 0 Å². The number of nitrogens with one attached hydrogen (secondary N) is 2. The molecule has 4 aromatic rings. The number of pyridine rings is 1. The number of carbonyl (C=O) groups excluding carboxylic acids is 1. The van der Waals surface area contributed by atoms with Crippen LogP contribution in [0.4, 0.5) is 5.69 Å². The molecular weight excluding hydrogens is 432 g/mol. The summed E-state index contributed by atoms with van der Waals surface area (Å²) >= 11 is 0. The molecule has 0 unspecified atom stereocenters. The minimum Gasteiger partial charge on any atom is -0.356 e. The summed E-state index contributed by atoms with van der Waals surface area (Å²) in [5, 5.41) is 11.7. The monoisotopic (exact) mass is 460 g/mol. The van der Waals surface area contributed by atoms with E-state index in [9.17, 15) is 4.79 Å². The summed E-state index contributed by atoms with van der Waals surface area (Å²) in [5.41, 5.74) is 6.30. The molecule has 0 radical (unpaired) electrons. The lowest BCUT2D eigenvalue weighted by Crippen LogP contribution is -2.04. The van der Waals surface area contributed by atoms with E-state index in [1.165, 1.54) is 0 Å². The predicted octanol–water partition coefficient (Wildman–Crippen LogP) is 7.20. The Hall–Kier alpha value is -4.51. The molecule has 0 saturated heterocycles. The second kappa shape index (κ2) is 11.1. The topological polar surface area (TPSA) is 70.7 Å². The normalized spacial score (nSPS) is 12.0. The summed E-state index contributed by atoms with van der Waals surface area (Å²) < 4.78 is 0. The van der Waals surface area contributed by atoms with Crippen LogP contribution in [0.1, 0.15) is 47.6 Å². The van der Waals surface area contributed by atoms with E-state index < -0.39 is 0 Å². The molecular formula is C30H28N4O. The average molecular weight is 461 g/mol. The molecule has 0 fully saturated rings. The number of benzene rings is 2. The van der Waals surface area contributed by atoms with Crippen LogP contribution in [0.5, 0.6) is 0 Å². The molecule has 0 amide bonds. The van der Waals surface area contributed by atoms with Crippen LogP contribution < -0.4 is 5.32 Å². The Morgan fingerprint density at radius 2 is 1.91 bits per heavy atom. The van der Waals surface area contributed by atoms with Crippen LogP contribution >= 0.6 is 0 Å². The van der Waals surface area contributed by atoms with Gasteiger partial charge in [-0.1, -0.05) is 56.0 Å². The van der Waals surface area contributed by atoms with Crippen molar-refractivity contribution in [3.63, 3.8) is 0 Å². The van der Waals surface area contributed by atoms with Crippen molar-refractivity contribution < 1.29 is 4.79 Å². The third kappa shape index (κ3) is 5.71. The van der Waals surface area contributed by atoms with Crippen molar-refractivity contribution >= 4 is 34.5 Å². The number of aromatic amines is 1. The van der Waals surface area contributed by atoms with Gasteiger partial charge in [-0.2, -0.15) is 5.10 Å². The molecule has 0 atom stereocenters. The maximum Gasteiger partial charge on any atom is 0.193 e. The van der Waals surface area contributed by atoms with Crippen molar-refractivity contribution in [2.75, 3.05) is 5.32 Å². The molecule has 5 nitrogen and oxygen atoms in total. The van der Waals surface area contributed by atoms with Gasteiger partial charge in [-0.05, 0) is 67.5 Å². The quantitative estimate of drug-likeness (QED) is 0.205. The number of rotatable bonds is 9. The SMILES string of the molecule is C=C(Nc1cccc(C(=O)c2ccc3c(/C=C/c4ccccn4)n[nH]c3c2)c1)C(/C=C\C)=C/CC. The van der Waals surface area contributed by atoms with Gasteiger partial charge >= 0.3 is 0 Å². The first-order valence-electron chi connectivity index (χ1n) is 11.6. The Morgan fingerprint density at radius 3 is 2.69 bits per heavy atom. The van der Waals surface area contributed by atoms with Gasteiger partial charge in [0, 0.05) is 34.1 Å². The first-order chi connectivity index (χ1) is 17.1. The van der Waals surface area contributed by atoms with E-state index in [4.69, 9.17) is 0 Å². The van der Waals surface area contributed by atoms with Crippen LogP contribution in [0, 0.1) is 0 Å². The minimum atomic E-state index is -0.0564. The first-order valence-corrected chi connectivity index (χ1v) is 11.6. The van der Waals surface area contributed by atoms with E-state index in [0.717, 1.165) is 45.7 Å². The Kier molecular flexibility index (Phi) is 7.48. The zero-order valence-electron chi connectivity index (χ0n) is 20.0. The summed E-state index contributed by atoms with van der Waals surface area (Å²) in [6, 6.07) is 18.8. The summed E-state index contributed by atoms with van der Waals surface area (Å²) in [6.45, 7) is 8.22. The van der Waals surface area contributed by atoms with E-state index in [-0.39, 0.29) is 5.78 Å². The summed E-state index contributed by atoms with van der Waals surface area (Å²) in [4.78, 5) is 17.6. The number of allylic oxidation sites excluding steroid dienone is 3. The minimum absolute atomic E-state index is 0.0564. The van der Waals surface area contributed by atoms with Gasteiger partial charge < -0.3 is 5.32 Å². The zero-order valence-corrected chi connectivity index (χ0v) is 20.0. The fourth-order valence-electron chi connectivity index (χ4n) is 3.79. The number of aromatic nitrogens is 3. The van der Waals surface area contributed by atoms with Gasteiger partial charge in [0.15, 0.2) is 5.78 Å². The van der Waals surface area contributed by atoms with Gasteiger partial charge in [-0.25, -0.2) is 0 Å². The Labute approximate surface area is 205 Å². The summed E-state index contributed by atoms with van der Waals surface area (Å²) in [5.74, 6) is -0.0564. The highest BCUT2D eigenvalue weighted by Gasteiger charge is 2.13. The van der Waals surface area contributed by atoms with Gasteiger partial charge in [0.1, 0.15) is 0 Å². The highest BCUT2D eigenvalue weighted by Crippen LogP contribution is 2.23. The molecule has 0 aliphatic carbocycles. The second-order valence-corrected chi connectivity index (χ2v) is 8.04. The molecule has 2 aromatic heterocycles. The number of anilines is 1. The van der Waals surface area contributed by atoms with Crippen LogP contribution in [0.2, 0.25) is 0 Å². The van der Waals surface area contributed by atoms with Crippen molar-refractivity contribution in [3.05, 3.63) is 125 Å². The fourth-order valence-corrected chi connectivity index (χ4v) is 3.79. The molecule has 2 heterocycles. The second-order valence-electron chi connectivity index (χ2n) is 8.04. The molecule has 5 heteroatoms. The zero-order chi connectivity index (χ0) is 24.6.